The number of hydrogen-bond acceptors (Lipinski definition) is 4. The summed E-state index contributed by atoms with van der Waals surface area (Å²) in [5.41, 5.74) is 2.75. The molecule has 4 aromatic rings. The number of ether oxygens (including phenoxy) is 1. The molecule has 0 spiro atoms. The van der Waals surface area contributed by atoms with Crippen LogP contribution in [0.15, 0.2) is 89.3 Å². The molecule has 1 saturated carbocycles. The number of nitrogens with zero attached hydrogens (tertiary/aromatic N) is 1. The second-order valence-electron chi connectivity index (χ2n) is 8.50. The summed E-state index contributed by atoms with van der Waals surface area (Å²) >= 11 is 0. The Bertz CT molecular complexity index is 1130. The third kappa shape index (κ3) is 3.82. The van der Waals surface area contributed by atoms with Crippen molar-refractivity contribution in [2.45, 2.75) is 31.3 Å². The SMILES string of the molecule is COc1cccc(CC2CCCC2(O)c2nc(-c3ccccc3)c(-c3ccccc3)o2)c1. The van der Waals surface area contributed by atoms with Gasteiger partial charge >= 0.3 is 0 Å². The highest BCUT2D eigenvalue weighted by Gasteiger charge is 2.47. The van der Waals surface area contributed by atoms with Crippen LogP contribution in [0.5, 0.6) is 5.75 Å². The van der Waals surface area contributed by atoms with Crippen LogP contribution in [0.2, 0.25) is 0 Å². The van der Waals surface area contributed by atoms with Crippen LogP contribution in [-0.2, 0) is 12.0 Å². The van der Waals surface area contributed by atoms with Crippen molar-refractivity contribution in [3.63, 3.8) is 0 Å². The Labute approximate surface area is 188 Å². The molecule has 1 N–H and O–H groups in total. The van der Waals surface area contributed by atoms with Crippen LogP contribution in [0.25, 0.3) is 22.6 Å². The van der Waals surface area contributed by atoms with E-state index in [4.69, 9.17) is 14.1 Å². The Balaban J connectivity index is 1.55. The lowest BCUT2D eigenvalue weighted by Gasteiger charge is -2.27. The Morgan fingerprint density at radius 3 is 2.41 bits per heavy atom. The molecule has 0 amide bonds. The summed E-state index contributed by atoms with van der Waals surface area (Å²) in [4.78, 5) is 4.89. The van der Waals surface area contributed by atoms with E-state index in [9.17, 15) is 5.11 Å². The molecule has 4 heteroatoms. The molecule has 3 aromatic carbocycles. The van der Waals surface area contributed by atoms with Crippen molar-refractivity contribution in [1.29, 1.82) is 0 Å². The van der Waals surface area contributed by atoms with Crippen LogP contribution in [0.1, 0.15) is 30.7 Å². The van der Waals surface area contributed by atoms with Crippen molar-refractivity contribution in [1.82, 2.24) is 4.98 Å². The highest BCUT2D eigenvalue weighted by molar-refractivity contribution is 5.76. The first-order valence-electron chi connectivity index (χ1n) is 11.1. The van der Waals surface area contributed by atoms with Gasteiger partial charge in [0.2, 0.25) is 5.89 Å². The molecule has 4 nitrogen and oxygen atoms in total. The first-order chi connectivity index (χ1) is 15.7. The number of aromatic nitrogens is 1. The number of aliphatic hydroxyl groups is 1. The van der Waals surface area contributed by atoms with Gasteiger partial charge in [-0.2, -0.15) is 0 Å². The van der Waals surface area contributed by atoms with Gasteiger partial charge in [-0.3, -0.25) is 0 Å². The van der Waals surface area contributed by atoms with Gasteiger partial charge in [0.25, 0.3) is 0 Å². The fourth-order valence-corrected chi connectivity index (χ4v) is 4.78. The fraction of sp³-hybridized carbons (Fsp3) is 0.250. The first kappa shape index (κ1) is 20.5. The maximum absolute atomic E-state index is 11.9. The van der Waals surface area contributed by atoms with Crippen LogP contribution in [-0.4, -0.2) is 17.2 Å². The highest BCUT2D eigenvalue weighted by atomic mass is 16.5. The molecule has 5 rings (SSSR count). The Hall–Kier alpha value is -3.37. The lowest BCUT2D eigenvalue weighted by molar-refractivity contribution is -0.0264. The second kappa shape index (κ2) is 8.64. The largest absolute Gasteiger partial charge is 0.497 e. The molecular formula is C28H27NO3. The molecule has 1 heterocycles. The summed E-state index contributed by atoms with van der Waals surface area (Å²) in [6.45, 7) is 0. The summed E-state index contributed by atoms with van der Waals surface area (Å²) in [5.74, 6) is 1.98. The van der Waals surface area contributed by atoms with Crippen molar-refractivity contribution < 1.29 is 14.3 Å². The average Bonchev–Trinajstić information content (AvgIpc) is 3.46. The molecule has 0 radical (unpaired) electrons. The third-order valence-corrected chi connectivity index (χ3v) is 6.48. The van der Waals surface area contributed by atoms with Crippen molar-refractivity contribution in [2.75, 3.05) is 7.11 Å². The van der Waals surface area contributed by atoms with Gasteiger partial charge < -0.3 is 14.3 Å². The standard InChI is InChI=1S/C28H27NO3/c1-31-24-16-8-10-20(19-24)18-23-15-9-17-28(23,30)27-29-25(21-11-4-2-5-12-21)26(32-27)22-13-6-3-7-14-22/h2-8,10-14,16,19,23,30H,9,15,17-18H2,1H3. The molecule has 1 aromatic heterocycles. The maximum Gasteiger partial charge on any atom is 0.227 e. The molecule has 2 atom stereocenters. The molecule has 162 valence electrons. The van der Waals surface area contributed by atoms with Gasteiger partial charge in [-0.05, 0) is 43.4 Å². The molecular weight excluding hydrogens is 398 g/mol. The summed E-state index contributed by atoms with van der Waals surface area (Å²) < 4.78 is 11.7. The summed E-state index contributed by atoms with van der Waals surface area (Å²) in [6, 6.07) is 28.1. The van der Waals surface area contributed by atoms with E-state index in [1.54, 1.807) is 7.11 Å². The summed E-state index contributed by atoms with van der Waals surface area (Å²) in [6.07, 6.45) is 3.26. The van der Waals surface area contributed by atoms with Crippen molar-refractivity contribution >= 4 is 0 Å². The second-order valence-corrected chi connectivity index (χ2v) is 8.50. The van der Waals surface area contributed by atoms with Gasteiger partial charge in [0.05, 0.1) is 7.11 Å². The maximum atomic E-state index is 11.9. The van der Waals surface area contributed by atoms with Crippen molar-refractivity contribution in [2.24, 2.45) is 5.92 Å². The predicted molar refractivity (Wildman–Crippen MR) is 125 cm³/mol. The van der Waals surface area contributed by atoms with Gasteiger partial charge in [-0.1, -0.05) is 72.8 Å². The van der Waals surface area contributed by atoms with E-state index >= 15 is 0 Å². The molecule has 0 aliphatic heterocycles. The average molecular weight is 426 g/mol. The molecule has 2 unspecified atom stereocenters. The molecule has 1 aliphatic carbocycles. The predicted octanol–water partition coefficient (Wildman–Crippen LogP) is 6.25. The third-order valence-electron chi connectivity index (χ3n) is 6.48. The quantitative estimate of drug-likeness (QED) is 0.397. The van der Waals surface area contributed by atoms with Crippen LogP contribution in [0, 0.1) is 5.92 Å². The molecule has 32 heavy (non-hydrogen) atoms. The summed E-state index contributed by atoms with van der Waals surface area (Å²) in [5, 5.41) is 11.9. The molecule has 1 aliphatic rings. The zero-order valence-electron chi connectivity index (χ0n) is 18.2. The number of methoxy groups -OCH3 is 1. The number of rotatable bonds is 6. The minimum Gasteiger partial charge on any atom is -0.497 e. The number of hydrogen-bond donors (Lipinski definition) is 1. The monoisotopic (exact) mass is 425 g/mol. The lowest BCUT2D eigenvalue weighted by atomic mass is 9.85. The van der Waals surface area contributed by atoms with E-state index < -0.39 is 5.60 Å². The smallest absolute Gasteiger partial charge is 0.227 e. The molecule has 1 fully saturated rings. The van der Waals surface area contributed by atoms with Crippen LogP contribution < -0.4 is 4.74 Å². The van der Waals surface area contributed by atoms with E-state index in [1.807, 2.05) is 78.9 Å². The molecule has 0 bridgehead atoms. The Kier molecular flexibility index (Phi) is 5.54. The van der Waals surface area contributed by atoms with E-state index in [1.165, 1.54) is 0 Å². The fourth-order valence-electron chi connectivity index (χ4n) is 4.78. The van der Waals surface area contributed by atoms with E-state index in [0.717, 1.165) is 47.4 Å². The number of benzene rings is 3. The first-order valence-corrected chi connectivity index (χ1v) is 11.1. The topological polar surface area (TPSA) is 55.5 Å². The van der Waals surface area contributed by atoms with Gasteiger partial charge in [0.1, 0.15) is 17.0 Å². The number of oxazole rings is 1. The van der Waals surface area contributed by atoms with Crippen molar-refractivity contribution in [3.8, 4) is 28.3 Å². The van der Waals surface area contributed by atoms with Crippen LogP contribution >= 0.6 is 0 Å². The van der Waals surface area contributed by atoms with Crippen LogP contribution in [0.4, 0.5) is 0 Å². The van der Waals surface area contributed by atoms with Crippen molar-refractivity contribution in [3.05, 3.63) is 96.4 Å². The minimum atomic E-state index is -1.10. The van der Waals surface area contributed by atoms with E-state index in [-0.39, 0.29) is 5.92 Å². The lowest BCUT2D eigenvalue weighted by Crippen LogP contribution is -2.32. The van der Waals surface area contributed by atoms with E-state index in [2.05, 4.69) is 6.07 Å². The zero-order valence-corrected chi connectivity index (χ0v) is 18.2. The normalized spacial score (nSPS) is 20.4. The Morgan fingerprint density at radius 2 is 1.69 bits per heavy atom. The minimum absolute atomic E-state index is 0.0282. The van der Waals surface area contributed by atoms with Crippen LogP contribution in [0.3, 0.4) is 0 Å². The molecule has 0 saturated heterocycles. The summed E-state index contributed by atoms with van der Waals surface area (Å²) in [7, 11) is 1.67. The van der Waals surface area contributed by atoms with Gasteiger partial charge in [0, 0.05) is 17.0 Å². The van der Waals surface area contributed by atoms with Gasteiger partial charge in [0.15, 0.2) is 5.76 Å². The Morgan fingerprint density at radius 1 is 0.969 bits per heavy atom. The zero-order chi connectivity index (χ0) is 22.0. The van der Waals surface area contributed by atoms with Gasteiger partial charge in [-0.25, -0.2) is 4.98 Å². The highest BCUT2D eigenvalue weighted by Crippen LogP contribution is 2.47. The van der Waals surface area contributed by atoms with E-state index in [0.29, 0.717) is 18.1 Å². The van der Waals surface area contributed by atoms with Gasteiger partial charge in [-0.15, -0.1) is 0 Å².